The van der Waals surface area contributed by atoms with Gasteiger partial charge in [-0.2, -0.15) is 5.10 Å². The maximum Gasteiger partial charge on any atom is 0.322 e. The molecule has 1 fully saturated rings. The molecule has 0 unspecified atom stereocenters. The van der Waals surface area contributed by atoms with Crippen molar-refractivity contribution < 1.29 is 23.5 Å². The highest BCUT2D eigenvalue weighted by atomic mass is 16.5. The Labute approximate surface area is 200 Å². The predicted molar refractivity (Wildman–Crippen MR) is 127 cm³/mol. The molecule has 35 heavy (non-hydrogen) atoms. The number of H-pyrrole nitrogens is 1. The van der Waals surface area contributed by atoms with Crippen LogP contribution in [-0.2, 0) is 16.9 Å². The maximum absolute atomic E-state index is 13.2. The van der Waals surface area contributed by atoms with Crippen LogP contribution >= 0.6 is 0 Å². The SMILES string of the molecule is C=Cc1oc([C@]2(CN3Cc4ccc(OC)cc4C3=O)NC(=O)NC2=O)cc1/C=C(\C)c1ccn[nH]1. The van der Waals surface area contributed by atoms with Crippen LogP contribution in [0.4, 0.5) is 4.79 Å². The number of carbonyl (C=O) groups excluding carboxylic acids is 3. The average Bonchev–Trinajstić information content (AvgIpc) is 3.62. The number of fused-ring (bicyclic) bond motifs is 1. The Morgan fingerprint density at radius 1 is 1.29 bits per heavy atom. The smallest absolute Gasteiger partial charge is 0.322 e. The van der Waals surface area contributed by atoms with Gasteiger partial charge in [-0.05, 0) is 54.5 Å². The summed E-state index contributed by atoms with van der Waals surface area (Å²) in [6.07, 6.45) is 5.04. The van der Waals surface area contributed by atoms with Crippen LogP contribution in [0.1, 0.15) is 45.6 Å². The van der Waals surface area contributed by atoms with Crippen LogP contribution in [0, 0.1) is 0 Å². The molecule has 10 nitrogen and oxygen atoms in total. The van der Waals surface area contributed by atoms with Crippen LogP contribution in [0.5, 0.6) is 5.75 Å². The monoisotopic (exact) mass is 473 g/mol. The molecular formula is C25H23N5O5. The molecule has 0 bridgehead atoms. The van der Waals surface area contributed by atoms with Crippen LogP contribution in [0.15, 0.2) is 47.5 Å². The van der Waals surface area contributed by atoms with Crippen molar-refractivity contribution in [2.45, 2.75) is 19.0 Å². The zero-order valence-corrected chi connectivity index (χ0v) is 19.2. The van der Waals surface area contributed by atoms with E-state index in [0.717, 1.165) is 16.8 Å². The van der Waals surface area contributed by atoms with Crippen LogP contribution < -0.4 is 15.4 Å². The molecule has 0 aliphatic carbocycles. The number of amides is 4. The summed E-state index contributed by atoms with van der Waals surface area (Å²) >= 11 is 0. The number of rotatable bonds is 7. The third-order valence-electron chi connectivity index (χ3n) is 6.26. The van der Waals surface area contributed by atoms with Gasteiger partial charge < -0.3 is 19.4 Å². The number of ether oxygens (including phenoxy) is 1. The van der Waals surface area contributed by atoms with Gasteiger partial charge in [-0.1, -0.05) is 12.6 Å². The van der Waals surface area contributed by atoms with Crippen molar-refractivity contribution in [1.82, 2.24) is 25.7 Å². The number of benzene rings is 1. The van der Waals surface area contributed by atoms with Crippen molar-refractivity contribution in [3.8, 4) is 5.75 Å². The molecule has 1 aromatic carbocycles. The maximum atomic E-state index is 13.2. The Morgan fingerprint density at radius 3 is 2.77 bits per heavy atom. The summed E-state index contributed by atoms with van der Waals surface area (Å²) < 4.78 is 11.3. The molecule has 3 N–H and O–H groups in total. The number of aromatic amines is 1. The number of carbonyl (C=O) groups is 3. The first-order valence-corrected chi connectivity index (χ1v) is 10.9. The highest BCUT2D eigenvalue weighted by Gasteiger charge is 2.53. The minimum Gasteiger partial charge on any atom is -0.497 e. The number of allylic oxidation sites excluding steroid dienone is 1. The number of urea groups is 1. The number of aromatic nitrogens is 2. The molecule has 1 saturated heterocycles. The van der Waals surface area contributed by atoms with Crippen molar-refractivity contribution in [2.24, 2.45) is 0 Å². The van der Waals surface area contributed by atoms with Crippen molar-refractivity contribution in [1.29, 1.82) is 0 Å². The Morgan fingerprint density at radius 2 is 2.11 bits per heavy atom. The molecule has 1 atom stereocenters. The summed E-state index contributed by atoms with van der Waals surface area (Å²) in [7, 11) is 1.53. The Hall–Kier alpha value is -4.60. The second-order valence-corrected chi connectivity index (χ2v) is 8.43. The Balaban J connectivity index is 1.53. The number of hydrogen-bond donors (Lipinski definition) is 3. The van der Waals surface area contributed by atoms with E-state index in [1.165, 1.54) is 18.1 Å². The zero-order valence-electron chi connectivity index (χ0n) is 19.2. The minimum absolute atomic E-state index is 0.118. The largest absolute Gasteiger partial charge is 0.497 e. The van der Waals surface area contributed by atoms with Gasteiger partial charge in [0.25, 0.3) is 11.8 Å². The van der Waals surface area contributed by atoms with E-state index in [2.05, 4.69) is 27.4 Å². The summed E-state index contributed by atoms with van der Waals surface area (Å²) in [5.41, 5.74) is 2.06. The van der Waals surface area contributed by atoms with E-state index in [1.54, 1.807) is 24.4 Å². The topological polar surface area (TPSA) is 130 Å². The van der Waals surface area contributed by atoms with E-state index in [-0.39, 0.29) is 24.8 Å². The fourth-order valence-electron chi connectivity index (χ4n) is 4.42. The molecule has 0 saturated carbocycles. The summed E-state index contributed by atoms with van der Waals surface area (Å²) in [5, 5.41) is 11.8. The van der Waals surface area contributed by atoms with E-state index in [9.17, 15) is 14.4 Å². The molecule has 0 radical (unpaired) electrons. The minimum atomic E-state index is -1.61. The number of nitrogens with one attached hydrogen (secondary N) is 3. The second kappa shape index (κ2) is 8.32. The summed E-state index contributed by atoms with van der Waals surface area (Å²) in [6, 6.07) is 8.11. The van der Waals surface area contributed by atoms with Crippen molar-refractivity contribution in [3.05, 3.63) is 77.0 Å². The molecule has 2 aliphatic heterocycles. The molecule has 3 aromatic rings. The average molecular weight is 473 g/mol. The molecule has 4 heterocycles. The van der Waals surface area contributed by atoms with E-state index in [0.29, 0.717) is 22.6 Å². The lowest BCUT2D eigenvalue weighted by molar-refractivity contribution is -0.125. The summed E-state index contributed by atoms with van der Waals surface area (Å²) in [5.74, 6) is 0.312. The van der Waals surface area contributed by atoms with Crippen LogP contribution in [0.25, 0.3) is 17.7 Å². The molecule has 0 spiro atoms. The van der Waals surface area contributed by atoms with Crippen molar-refractivity contribution in [3.63, 3.8) is 0 Å². The Kier molecular flexibility index (Phi) is 5.28. The van der Waals surface area contributed by atoms with Gasteiger partial charge in [-0.15, -0.1) is 0 Å². The molecular weight excluding hydrogens is 450 g/mol. The van der Waals surface area contributed by atoms with Gasteiger partial charge in [0.15, 0.2) is 5.54 Å². The lowest BCUT2D eigenvalue weighted by atomic mass is 9.94. The molecule has 2 aliphatic rings. The first-order valence-electron chi connectivity index (χ1n) is 10.9. The summed E-state index contributed by atoms with van der Waals surface area (Å²) in [6.45, 7) is 5.88. The molecule has 4 amide bonds. The van der Waals surface area contributed by atoms with Crippen LogP contribution in [-0.4, -0.2) is 46.6 Å². The number of imide groups is 1. The van der Waals surface area contributed by atoms with Crippen LogP contribution in [0.2, 0.25) is 0 Å². The third kappa shape index (κ3) is 3.68. The van der Waals surface area contributed by atoms with Gasteiger partial charge >= 0.3 is 6.03 Å². The van der Waals surface area contributed by atoms with Gasteiger partial charge in [0.1, 0.15) is 17.3 Å². The highest BCUT2D eigenvalue weighted by Crippen LogP contribution is 2.35. The fraction of sp³-hybridized carbons (Fsp3) is 0.200. The van der Waals surface area contributed by atoms with E-state index in [4.69, 9.17) is 9.15 Å². The number of methoxy groups -OCH3 is 1. The number of furan rings is 1. The summed E-state index contributed by atoms with van der Waals surface area (Å²) in [4.78, 5) is 40.1. The standard InChI is InChI=1S/C25H23N5O5/c1-4-20-16(9-14(2)19-7-8-26-29-19)10-21(35-20)25(23(32)27-24(33)28-25)13-30-12-15-5-6-17(34-3)11-18(15)22(30)31/h4-11H,1,12-13H2,2-3H3,(H,26,29)(H2,27,28,32,33)/b14-9+/t25-/m0/s1. The van der Waals surface area contributed by atoms with Gasteiger partial charge in [0, 0.05) is 23.9 Å². The van der Waals surface area contributed by atoms with Gasteiger partial charge in [0.05, 0.1) is 19.3 Å². The molecule has 10 heteroatoms. The lowest BCUT2D eigenvalue weighted by Crippen LogP contribution is -2.52. The molecule has 2 aromatic heterocycles. The first kappa shape index (κ1) is 22.2. The van der Waals surface area contributed by atoms with E-state index >= 15 is 0 Å². The van der Waals surface area contributed by atoms with Crippen molar-refractivity contribution >= 4 is 35.6 Å². The number of nitrogens with zero attached hydrogens (tertiary/aromatic N) is 2. The highest BCUT2D eigenvalue weighted by molar-refractivity contribution is 6.08. The van der Waals surface area contributed by atoms with E-state index in [1.807, 2.05) is 25.1 Å². The lowest BCUT2D eigenvalue weighted by Gasteiger charge is -2.29. The van der Waals surface area contributed by atoms with Crippen LogP contribution in [0.3, 0.4) is 0 Å². The van der Waals surface area contributed by atoms with Gasteiger partial charge in [0.2, 0.25) is 0 Å². The Bertz CT molecular complexity index is 1390. The number of hydrogen-bond acceptors (Lipinski definition) is 6. The second-order valence-electron chi connectivity index (χ2n) is 8.43. The van der Waals surface area contributed by atoms with Crippen molar-refractivity contribution in [2.75, 3.05) is 13.7 Å². The molecule has 5 rings (SSSR count). The van der Waals surface area contributed by atoms with E-state index < -0.39 is 17.5 Å². The quantitative estimate of drug-likeness (QED) is 0.453. The van der Waals surface area contributed by atoms with Gasteiger partial charge in [-0.25, -0.2) is 4.79 Å². The fourth-order valence-corrected chi connectivity index (χ4v) is 4.42. The normalized spacial score (nSPS) is 19.5. The molecule has 178 valence electrons. The predicted octanol–water partition coefficient (Wildman–Crippen LogP) is 2.91. The van der Waals surface area contributed by atoms with Gasteiger partial charge in [-0.3, -0.25) is 20.0 Å². The first-order chi connectivity index (χ1) is 16.8. The zero-order chi connectivity index (χ0) is 24.7. The third-order valence-corrected chi connectivity index (χ3v) is 6.26.